The van der Waals surface area contributed by atoms with Crippen LogP contribution in [0.15, 0.2) is 34.7 Å². The molecular formula is C17H19ClN2O. The molecule has 1 aromatic carbocycles. The van der Waals surface area contributed by atoms with Gasteiger partial charge in [0.05, 0.1) is 22.5 Å². The van der Waals surface area contributed by atoms with Crippen LogP contribution in [0.3, 0.4) is 0 Å². The average molecular weight is 303 g/mol. The molecule has 2 atom stereocenters. The minimum atomic E-state index is -0.156. The molecule has 2 unspecified atom stereocenters. The largest absolute Gasteiger partial charge is 0.464 e. The molecule has 2 heterocycles. The Labute approximate surface area is 129 Å². The molecule has 2 aromatic heterocycles. The maximum Gasteiger partial charge on any atom is 0.128 e. The topological polar surface area (TPSA) is 31.0 Å². The van der Waals surface area contributed by atoms with Crippen LogP contribution in [-0.2, 0) is 0 Å². The first kappa shape index (κ1) is 14.2. The van der Waals surface area contributed by atoms with Gasteiger partial charge in [-0.15, -0.1) is 11.6 Å². The van der Waals surface area contributed by atoms with Crippen LogP contribution >= 0.6 is 11.6 Å². The molecule has 3 aromatic rings. The molecule has 3 nitrogen and oxygen atoms in total. The Kier molecular flexibility index (Phi) is 3.54. The molecule has 0 N–H and O–H groups in total. The number of aryl methyl sites for hydroxylation is 2. The van der Waals surface area contributed by atoms with Gasteiger partial charge in [-0.1, -0.05) is 6.07 Å². The van der Waals surface area contributed by atoms with Crippen molar-refractivity contribution >= 4 is 22.6 Å². The quantitative estimate of drug-likeness (QED) is 0.626. The summed E-state index contributed by atoms with van der Waals surface area (Å²) < 4.78 is 7.96. The fourth-order valence-electron chi connectivity index (χ4n) is 2.72. The number of benzene rings is 1. The van der Waals surface area contributed by atoms with E-state index in [0.717, 1.165) is 28.4 Å². The molecule has 0 aliphatic rings. The Balaban J connectivity index is 2.21. The van der Waals surface area contributed by atoms with Crippen LogP contribution in [0.5, 0.6) is 0 Å². The number of imidazole rings is 1. The van der Waals surface area contributed by atoms with Crippen molar-refractivity contribution in [3.63, 3.8) is 0 Å². The van der Waals surface area contributed by atoms with Gasteiger partial charge in [0.1, 0.15) is 17.3 Å². The van der Waals surface area contributed by atoms with Crippen molar-refractivity contribution in [3.05, 3.63) is 53.2 Å². The van der Waals surface area contributed by atoms with Gasteiger partial charge in [0.2, 0.25) is 0 Å². The zero-order valence-corrected chi connectivity index (χ0v) is 13.5. The third-order valence-corrected chi connectivity index (χ3v) is 3.98. The minimum absolute atomic E-state index is 0.0580. The van der Waals surface area contributed by atoms with Crippen molar-refractivity contribution in [1.82, 2.24) is 9.55 Å². The summed E-state index contributed by atoms with van der Waals surface area (Å²) in [6.07, 6.45) is 0. The first-order valence-corrected chi connectivity index (χ1v) is 7.60. The molecule has 0 spiro atoms. The number of rotatable bonds is 3. The van der Waals surface area contributed by atoms with Gasteiger partial charge >= 0.3 is 0 Å². The summed E-state index contributed by atoms with van der Waals surface area (Å²) in [5.41, 5.74) is 3.26. The summed E-state index contributed by atoms with van der Waals surface area (Å²) in [6, 6.07) is 10.4. The van der Waals surface area contributed by atoms with Gasteiger partial charge in [0.25, 0.3) is 0 Å². The zero-order chi connectivity index (χ0) is 15.1. The third-order valence-electron chi connectivity index (χ3n) is 3.79. The maximum absolute atomic E-state index is 6.34. The van der Waals surface area contributed by atoms with E-state index in [2.05, 4.69) is 36.6 Å². The molecule has 110 valence electrons. The van der Waals surface area contributed by atoms with E-state index in [1.165, 1.54) is 5.56 Å². The highest BCUT2D eigenvalue weighted by Gasteiger charge is 2.21. The standard InChI is InChI=1S/C17H19ClN2O/c1-10-5-7-15-14(9-10)19-17(12(3)18)20(15)13(4)16-8-6-11(2)21-16/h5-9,12-13H,1-4H3. The van der Waals surface area contributed by atoms with Crippen LogP contribution in [0.2, 0.25) is 0 Å². The lowest BCUT2D eigenvalue weighted by Crippen LogP contribution is -2.10. The normalized spacial score (nSPS) is 14.5. The number of hydrogen-bond acceptors (Lipinski definition) is 2. The van der Waals surface area contributed by atoms with E-state index < -0.39 is 0 Å². The lowest BCUT2D eigenvalue weighted by Gasteiger charge is -2.16. The number of furan rings is 1. The Hall–Kier alpha value is -1.74. The smallest absolute Gasteiger partial charge is 0.128 e. The predicted molar refractivity (Wildman–Crippen MR) is 86.0 cm³/mol. The Bertz CT molecular complexity index is 785. The first-order valence-electron chi connectivity index (χ1n) is 7.16. The van der Waals surface area contributed by atoms with E-state index in [-0.39, 0.29) is 11.4 Å². The molecule has 0 amide bonds. The maximum atomic E-state index is 6.34. The second-order valence-corrected chi connectivity index (χ2v) is 6.23. The van der Waals surface area contributed by atoms with Crippen molar-refractivity contribution in [2.24, 2.45) is 0 Å². The molecule has 21 heavy (non-hydrogen) atoms. The molecule has 0 saturated carbocycles. The predicted octanol–water partition coefficient (Wildman–Crippen LogP) is 5.16. The van der Waals surface area contributed by atoms with Gasteiger partial charge < -0.3 is 8.98 Å². The zero-order valence-electron chi connectivity index (χ0n) is 12.7. The molecule has 0 aliphatic heterocycles. The number of alkyl halides is 1. The highest BCUT2D eigenvalue weighted by atomic mass is 35.5. The van der Waals surface area contributed by atoms with Crippen LogP contribution in [-0.4, -0.2) is 9.55 Å². The van der Waals surface area contributed by atoms with Crippen LogP contribution in [0, 0.1) is 13.8 Å². The average Bonchev–Trinajstić information content (AvgIpc) is 3.01. The van der Waals surface area contributed by atoms with E-state index in [1.807, 2.05) is 26.0 Å². The second kappa shape index (κ2) is 5.23. The fraction of sp³-hybridized carbons (Fsp3) is 0.353. The van der Waals surface area contributed by atoms with Gasteiger partial charge in [-0.05, 0) is 57.5 Å². The third kappa shape index (κ3) is 2.46. The highest BCUT2D eigenvalue weighted by Crippen LogP contribution is 2.31. The van der Waals surface area contributed by atoms with Gasteiger partial charge in [-0.2, -0.15) is 0 Å². The molecule has 0 saturated heterocycles. The van der Waals surface area contributed by atoms with Gasteiger partial charge in [-0.3, -0.25) is 0 Å². The number of nitrogens with zero attached hydrogens (tertiary/aromatic N) is 2. The molecule has 4 heteroatoms. The van der Waals surface area contributed by atoms with Crippen LogP contribution in [0.4, 0.5) is 0 Å². The minimum Gasteiger partial charge on any atom is -0.464 e. The lowest BCUT2D eigenvalue weighted by molar-refractivity contribution is 0.427. The van der Waals surface area contributed by atoms with E-state index in [1.54, 1.807) is 0 Å². The van der Waals surface area contributed by atoms with Gasteiger partial charge in [-0.25, -0.2) is 4.98 Å². The van der Waals surface area contributed by atoms with Crippen molar-refractivity contribution in [2.75, 3.05) is 0 Å². The molecule has 0 bridgehead atoms. The molecular weight excluding hydrogens is 284 g/mol. The second-order valence-electron chi connectivity index (χ2n) is 5.57. The summed E-state index contributed by atoms with van der Waals surface area (Å²) in [6.45, 7) is 8.09. The van der Waals surface area contributed by atoms with Crippen molar-refractivity contribution in [2.45, 2.75) is 39.1 Å². The van der Waals surface area contributed by atoms with Crippen molar-refractivity contribution in [1.29, 1.82) is 0 Å². The van der Waals surface area contributed by atoms with Crippen molar-refractivity contribution < 1.29 is 4.42 Å². The highest BCUT2D eigenvalue weighted by molar-refractivity contribution is 6.20. The van der Waals surface area contributed by atoms with E-state index in [0.29, 0.717) is 0 Å². The van der Waals surface area contributed by atoms with E-state index in [4.69, 9.17) is 21.0 Å². The monoisotopic (exact) mass is 302 g/mol. The summed E-state index contributed by atoms with van der Waals surface area (Å²) in [5.74, 6) is 2.71. The first-order chi connectivity index (χ1) is 9.97. The van der Waals surface area contributed by atoms with E-state index in [9.17, 15) is 0 Å². The summed E-state index contributed by atoms with van der Waals surface area (Å²) in [7, 11) is 0. The van der Waals surface area contributed by atoms with E-state index >= 15 is 0 Å². The lowest BCUT2D eigenvalue weighted by atomic mass is 10.2. The van der Waals surface area contributed by atoms with Gasteiger partial charge in [0.15, 0.2) is 0 Å². The Morgan fingerprint density at radius 3 is 2.52 bits per heavy atom. The summed E-state index contributed by atoms with van der Waals surface area (Å²) in [4.78, 5) is 4.72. The molecule has 3 rings (SSSR count). The number of halogens is 1. The van der Waals surface area contributed by atoms with Gasteiger partial charge in [0, 0.05) is 0 Å². The van der Waals surface area contributed by atoms with Crippen LogP contribution in [0.1, 0.15) is 48.2 Å². The van der Waals surface area contributed by atoms with Crippen molar-refractivity contribution in [3.8, 4) is 0 Å². The van der Waals surface area contributed by atoms with Crippen LogP contribution in [0.25, 0.3) is 11.0 Å². The molecule has 0 aliphatic carbocycles. The Morgan fingerprint density at radius 1 is 1.14 bits per heavy atom. The summed E-state index contributed by atoms with van der Waals surface area (Å²) in [5, 5.41) is -0.156. The number of aromatic nitrogens is 2. The molecule has 0 fully saturated rings. The van der Waals surface area contributed by atoms with Crippen LogP contribution < -0.4 is 0 Å². The number of hydrogen-bond donors (Lipinski definition) is 0. The SMILES string of the molecule is Cc1ccc2c(c1)nc(C(C)Cl)n2C(C)c1ccc(C)o1. The molecule has 0 radical (unpaired) electrons. The number of fused-ring (bicyclic) bond motifs is 1. The summed E-state index contributed by atoms with van der Waals surface area (Å²) >= 11 is 6.34. The Morgan fingerprint density at radius 2 is 1.90 bits per heavy atom. The fourth-order valence-corrected chi connectivity index (χ4v) is 2.87.